The fourth-order valence-electron chi connectivity index (χ4n) is 2.38. The Morgan fingerprint density at radius 3 is 2.67 bits per heavy atom. The number of nitrogens with zero attached hydrogens (tertiary/aromatic N) is 6. The van der Waals surface area contributed by atoms with Gasteiger partial charge in [-0.3, -0.25) is 18.7 Å². The molecule has 3 rings (SSSR count). The highest BCUT2D eigenvalue weighted by atomic mass is 32.1. The van der Waals surface area contributed by atoms with E-state index < -0.39 is 11.2 Å². The summed E-state index contributed by atoms with van der Waals surface area (Å²) >= 11 is 1.38. The van der Waals surface area contributed by atoms with Gasteiger partial charge in [-0.2, -0.15) is 4.99 Å². The van der Waals surface area contributed by atoms with Gasteiger partial charge in [-0.15, -0.1) is 11.3 Å². The standard InChI is InChI=1S/C14H16N6O3S/c1-17-6-7-24-13(17)16-9(21)4-5-20-8-15-11-10(20)12(22)19(3)14(23)18(11)2/h6-8H,4-5H2,1-3H3. The number of thiazole rings is 1. The third kappa shape index (κ3) is 2.64. The molecule has 24 heavy (non-hydrogen) atoms. The molecule has 0 aliphatic carbocycles. The highest BCUT2D eigenvalue weighted by molar-refractivity contribution is 7.07. The largest absolute Gasteiger partial charge is 0.332 e. The maximum absolute atomic E-state index is 12.3. The molecule has 0 aromatic carbocycles. The number of imidazole rings is 1. The summed E-state index contributed by atoms with van der Waals surface area (Å²) in [6, 6.07) is 0. The van der Waals surface area contributed by atoms with Crippen molar-refractivity contribution >= 4 is 28.4 Å². The van der Waals surface area contributed by atoms with Gasteiger partial charge in [0.2, 0.25) is 5.91 Å². The van der Waals surface area contributed by atoms with Gasteiger partial charge in [0, 0.05) is 45.7 Å². The monoisotopic (exact) mass is 348 g/mol. The van der Waals surface area contributed by atoms with E-state index in [0.29, 0.717) is 16.0 Å². The SMILES string of the molecule is Cn1ccsc1=NC(=O)CCn1cnc2c1c(=O)n(C)c(=O)n2C. The van der Waals surface area contributed by atoms with Crippen LogP contribution in [0.2, 0.25) is 0 Å². The van der Waals surface area contributed by atoms with Crippen molar-refractivity contribution in [3.63, 3.8) is 0 Å². The zero-order valence-electron chi connectivity index (χ0n) is 13.5. The lowest BCUT2D eigenvalue weighted by Crippen LogP contribution is -2.37. The maximum atomic E-state index is 12.3. The number of rotatable bonds is 3. The number of carbonyl (C=O) groups is 1. The van der Waals surface area contributed by atoms with Gasteiger partial charge in [0.1, 0.15) is 0 Å². The van der Waals surface area contributed by atoms with E-state index in [1.165, 1.54) is 29.3 Å². The van der Waals surface area contributed by atoms with Crippen molar-refractivity contribution in [2.24, 2.45) is 26.1 Å². The maximum Gasteiger partial charge on any atom is 0.332 e. The molecule has 0 atom stereocenters. The summed E-state index contributed by atoms with van der Waals surface area (Å²) < 4.78 is 5.68. The van der Waals surface area contributed by atoms with Gasteiger partial charge < -0.3 is 9.13 Å². The quantitative estimate of drug-likeness (QED) is 0.628. The van der Waals surface area contributed by atoms with Crippen LogP contribution in [0.4, 0.5) is 0 Å². The average Bonchev–Trinajstić information content (AvgIpc) is 3.16. The van der Waals surface area contributed by atoms with Gasteiger partial charge in [0.05, 0.1) is 6.33 Å². The van der Waals surface area contributed by atoms with Crippen molar-refractivity contribution in [2.75, 3.05) is 0 Å². The minimum atomic E-state index is -0.436. The number of amides is 1. The molecular weight excluding hydrogens is 332 g/mol. The van der Waals surface area contributed by atoms with Gasteiger partial charge >= 0.3 is 5.69 Å². The van der Waals surface area contributed by atoms with Crippen molar-refractivity contribution in [3.8, 4) is 0 Å². The predicted octanol–water partition coefficient (Wildman–Crippen LogP) is -0.649. The first kappa shape index (κ1) is 16.1. The molecule has 0 bridgehead atoms. The number of aromatic nitrogens is 5. The van der Waals surface area contributed by atoms with Crippen LogP contribution >= 0.6 is 11.3 Å². The topological polar surface area (TPSA) is 96.2 Å². The first-order valence-electron chi connectivity index (χ1n) is 7.18. The molecule has 0 aliphatic rings. The van der Waals surface area contributed by atoms with Crippen LogP contribution in [-0.4, -0.2) is 29.2 Å². The molecule has 10 heteroatoms. The van der Waals surface area contributed by atoms with Gasteiger partial charge in [0.15, 0.2) is 16.0 Å². The number of carbonyl (C=O) groups excluding carboxylic acids is 1. The Balaban J connectivity index is 1.92. The van der Waals surface area contributed by atoms with E-state index in [9.17, 15) is 14.4 Å². The smallest absolute Gasteiger partial charge is 0.327 e. The van der Waals surface area contributed by atoms with Gasteiger partial charge in [-0.1, -0.05) is 0 Å². The van der Waals surface area contributed by atoms with Crippen molar-refractivity contribution in [2.45, 2.75) is 13.0 Å². The number of aryl methyl sites for hydroxylation is 3. The molecular formula is C14H16N6O3S. The molecule has 1 amide bonds. The second-order valence-corrected chi connectivity index (χ2v) is 6.24. The molecule has 9 nitrogen and oxygen atoms in total. The fourth-order valence-corrected chi connectivity index (χ4v) is 3.13. The summed E-state index contributed by atoms with van der Waals surface area (Å²) in [5.74, 6) is -0.281. The second kappa shape index (κ2) is 6.04. The molecule has 3 heterocycles. The molecule has 3 aromatic rings. The lowest BCUT2D eigenvalue weighted by Gasteiger charge is -2.05. The third-order valence-electron chi connectivity index (χ3n) is 3.76. The van der Waals surface area contributed by atoms with Crippen LogP contribution in [0.15, 0.2) is 32.5 Å². The van der Waals surface area contributed by atoms with E-state index in [1.807, 2.05) is 18.6 Å². The minimum absolute atomic E-state index is 0.134. The summed E-state index contributed by atoms with van der Waals surface area (Å²) in [7, 11) is 4.79. The Morgan fingerprint density at radius 1 is 1.25 bits per heavy atom. The van der Waals surface area contributed by atoms with Crippen molar-refractivity contribution < 1.29 is 4.79 Å². The van der Waals surface area contributed by atoms with Gasteiger partial charge in [-0.05, 0) is 0 Å². The lowest BCUT2D eigenvalue weighted by molar-refractivity contribution is -0.118. The molecule has 126 valence electrons. The third-order valence-corrected chi connectivity index (χ3v) is 4.61. The molecule has 0 aliphatic heterocycles. The van der Waals surface area contributed by atoms with Crippen LogP contribution in [0.1, 0.15) is 6.42 Å². The molecule has 0 saturated heterocycles. The summed E-state index contributed by atoms with van der Waals surface area (Å²) in [6.07, 6.45) is 3.42. The number of hydrogen-bond donors (Lipinski definition) is 0. The van der Waals surface area contributed by atoms with E-state index in [-0.39, 0.29) is 18.9 Å². The average molecular weight is 348 g/mol. The van der Waals surface area contributed by atoms with E-state index in [1.54, 1.807) is 16.2 Å². The van der Waals surface area contributed by atoms with Crippen LogP contribution in [0, 0.1) is 0 Å². The number of hydrogen-bond acceptors (Lipinski definition) is 5. The summed E-state index contributed by atoms with van der Waals surface area (Å²) in [4.78, 5) is 45.0. The second-order valence-electron chi connectivity index (χ2n) is 5.37. The summed E-state index contributed by atoms with van der Waals surface area (Å²) in [5.41, 5.74) is -0.264. The first-order chi connectivity index (χ1) is 11.4. The summed E-state index contributed by atoms with van der Waals surface area (Å²) in [6.45, 7) is 0.265. The highest BCUT2D eigenvalue weighted by Gasteiger charge is 2.14. The Labute approximate surface area is 139 Å². The molecule has 3 aromatic heterocycles. The number of fused-ring (bicyclic) bond motifs is 1. The Kier molecular flexibility index (Phi) is 4.06. The molecule has 0 fully saturated rings. The minimum Gasteiger partial charge on any atom is -0.327 e. The molecule has 0 spiro atoms. The van der Waals surface area contributed by atoms with Crippen molar-refractivity contribution in [3.05, 3.63) is 43.5 Å². The lowest BCUT2D eigenvalue weighted by atomic mass is 10.4. The zero-order valence-corrected chi connectivity index (χ0v) is 14.3. The van der Waals surface area contributed by atoms with E-state index in [4.69, 9.17) is 0 Å². The van der Waals surface area contributed by atoms with Gasteiger partial charge in [-0.25, -0.2) is 9.78 Å². The molecule has 0 unspecified atom stereocenters. The van der Waals surface area contributed by atoms with Crippen molar-refractivity contribution in [1.82, 2.24) is 23.3 Å². The van der Waals surface area contributed by atoms with E-state index >= 15 is 0 Å². The molecule has 0 radical (unpaired) electrons. The van der Waals surface area contributed by atoms with E-state index in [0.717, 1.165) is 4.57 Å². The molecule has 0 saturated carbocycles. The Hall–Kier alpha value is -2.75. The van der Waals surface area contributed by atoms with Gasteiger partial charge in [0.25, 0.3) is 5.56 Å². The first-order valence-corrected chi connectivity index (χ1v) is 8.06. The summed E-state index contributed by atoms with van der Waals surface area (Å²) in [5, 5.41) is 1.85. The highest BCUT2D eigenvalue weighted by Crippen LogP contribution is 2.06. The normalized spacial score (nSPS) is 12.2. The van der Waals surface area contributed by atoms with E-state index in [2.05, 4.69) is 9.98 Å². The van der Waals surface area contributed by atoms with Crippen LogP contribution in [0.25, 0.3) is 11.2 Å². The fraction of sp³-hybridized carbons (Fsp3) is 0.357. The van der Waals surface area contributed by atoms with Crippen LogP contribution < -0.4 is 16.1 Å². The zero-order chi connectivity index (χ0) is 17.4. The molecule has 0 N–H and O–H groups in total. The Morgan fingerprint density at radius 2 is 2.00 bits per heavy atom. The van der Waals surface area contributed by atoms with Crippen LogP contribution in [0.5, 0.6) is 0 Å². The predicted molar refractivity (Wildman–Crippen MR) is 88.7 cm³/mol. The van der Waals surface area contributed by atoms with Crippen LogP contribution in [0.3, 0.4) is 0 Å². The van der Waals surface area contributed by atoms with Crippen molar-refractivity contribution in [1.29, 1.82) is 0 Å². The Bertz CT molecular complexity index is 1110. The van der Waals surface area contributed by atoms with Crippen LogP contribution in [-0.2, 0) is 32.5 Å².